The van der Waals surface area contributed by atoms with Gasteiger partial charge in [0.05, 0.1) is 0 Å². The molecule has 2 unspecified atom stereocenters. The number of fused-ring (bicyclic) bond motifs is 1. The fourth-order valence-electron chi connectivity index (χ4n) is 2.08. The zero-order valence-corrected chi connectivity index (χ0v) is 5.77. The maximum Gasteiger partial charge on any atom is 0.0227 e. The Labute approximate surface area is 56.8 Å². The van der Waals surface area contributed by atoms with Crippen molar-refractivity contribution in [2.45, 2.75) is 38.1 Å². The van der Waals surface area contributed by atoms with Crippen LogP contribution in [0.1, 0.15) is 32.1 Å². The van der Waals surface area contributed by atoms with Gasteiger partial charge in [0.25, 0.3) is 0 Å². The molecule has 1 aliphatic heterocycles. The minimum atomic E-state index is 0.860. The first-order valence-corrected chi connectivity index (χ1v) is 4.04. The predicted octanol–water partition coefficient (Wildman–Crippen LogP) is 1.70. The van der Waals surface area contributed by atoms with Crippen LogP contribution in [0.2, 0.25) is 0 Å². The van der Waals surface area contributed by atoms with Crippen LogP contribution in [0.3, 0.4) is 0 Å². The minimum absolute atomic E-state index is 0.860. The zero-order chi connectivity index (χ0) is 6.10. The Bertz CT molecular complexity index is 88.7. The predicted molar refractivity (Wildman–Crippen MR) is 37.8 cm³/mol. The standard InChI is InChI=1S/C8H14N/c1-2-4-8-7(3-1)5-6-9-8/h6-9H,1-5H2. The van der Waals surface area contributed by atoms with E-state index in [0.29, 0.717) is 0 Å². The van der Waals surface area contributed by atoms with Gasteiger partial charge < -0.3 is 5.32 Å². The average Bonchev–Trinajstić information content (AvgIpc) is 2.33. The van der Waals surface area contributed by atoms with Crippen LogP contribution in [-0.4, -0.2) is 6.04 Å². The summed E-state index contributed by atoms with van der Waals surface area (Å²) >= 11 is 0. The van der Waals surface area contributed by atoms with E-state index in [0.717, 1.165) is 12.0 Å². The number of hydrogen-bond donors (Lipinski definition) is 1. The van der Waals surface area contributed by atoms with E-state index < -0.39 is 0 Å². The molecule has 0 spiro atoms. The molecule has 1 saturated carbocycles. The topological polar surface area (TPSA) is 12.0 Å². The summed E-state index contributed by atoms with van der Waals surface area (Å²) in [5, 5.41) is 3.43. The molecule has 2 aliphatic rings. The van der Waals surface area contributed by atoms with E-state index in [1.807, 2.05) is 0 Å². The molecule has 1 nitrogen and oxygen atoms in total. The summed E-state index contributed by atoms with van der Waals surface area (Å²) in [5.41, 5.74) is 0. The smallest absolute Gasteiger partial charge is 0.0227 e. The molecule has 9 heavy (non-hydrogen) atoms. The molecule has 0 amide bonds. The maximum atomic E-state index is 3.43. The summed E-state index contributed by atoms with van der Waals surface area (Å²) in [6, 6.07) is 0.860. The van der Waals surface area contributed by atoms with Gasteiger partial charge in [-0.3, -0.25) is 0 Å². The molecule has 51 valence electrons. The molecule has 2 fully saturated rings. The van der Waals surface area contributed by atoms with Crippen molar-refractivity contribution in [1.29, 1.82) is 0 Å². The zero-order valence-electron chi connectivity index (χ0n) is 5.77. The van der Waals surface area contributed by atoms with E-state index in [1.165, 1.54) is 32.1 Å². The van der Waals surface area contributed by atoms with Crippen molar-refractivity contribution in [1.82, 2.24) is 5.32 Å². The lowest BCUT2D eigenvalue weighted by molar-refractivity contribution is 0.326. The second-order valence-electron chi connectivity index (χ2n) is 3.26. The Hall–Kier alpha value is -0.0400. The summed E-state index contributed by atoms with van der Waals surface area (Å²) in [4.78, 5) is 0. The molecule has 1 saturated heterocycles. The van der Waals surface area contributed by atoms with E-state index >= 15 is 0 Å². The van der Waals surface area contributed by atoms with E-state index in [1.54, 1.807) is 0 Å². The SMILES string of the molecule is [CH]1CC2CCCCC2N1. The molecular weight excluding hydrogens is 110 g/mol. The summed E-state index contributed by atoms with van der Waals surface area (Å²) in [6.07, 6.45) is 7.12. The average molecular weight is 124 g/mol. The molecule has 0 bridgehead atoms. The third-order valence-corrected chi connectivity index (χ3v) is 2.66. The van der Waals surface area contributed by atoms with E-state index in [9.17, 15) is 0 Å². The van der Waals surface area contributed by atoms with E-state index in [4.69, 9.17) is 0 Å². The van der Waals surface area contributed by atoms with Crippen LogP contribution < -0.4 is 5.32 Å². The van der Waals surface area contributed by atoms with Crippen LogP contribution in [0.25, 0.3) is 0 Å². The first-order valence-electron chi connectivity index (χ1n) is 4.04. The molecule has 0 aromatic rings. The molecule has 1 aliphatic carbocycles. The molecule has 0 aromatic heterocycles. The number of rotatable bonds is 0. The molecule has 1 heteroatoms. The van der Waals surface area contributed by atoms with Gasteiger partial charge in [-0.15, -0.1) is 0 Å². The second kappa shape index (κ2) is 2.30. The fourth-order valence-corrected chi connectivity index (χ4v) is 2.08. The molecule has 1 heterocycles. The number of hydrogen-bond acceptors (Lipinski definition) is 1. The Balaban J connectivity index is 1.97. The van der Waals surface area contributed by atoms with Crippen molar-refractivity contribution < 1.29 is 0 Å². The van der Waals surface area contributed by atoms with Crippen LogP contribution in [0, 0.1) is 12.5 Å². The first kappa shape index (κ1) is 5.72. The Morgan fingerprint density at radius 2 is 2.11 bits per heavy atom. The van der Waals surface area contributed by atoms with Gasteiger partial charge in [-0.1, -0.05) is 12.8 Å². The Morgan fingerprint density at radius 3 is 3.00 bits per heavy atom. The lowest BCUT2D eigenvalue weighted by Gasteiger charge is -2.24. The number of nitrogens with one attached hydrogen (secondary N) is 1. The highest BCUT2D eigenvalue weighted by Gasteiger charge is 2.28. The summed E-state index contributed by atoms with van der Waals surface area (Å²) < 4.78 is 0. The molecular formula is C8H14N. The quantitative estimate of drug-likeness (QED) is 0.518. The second-order valence-corrected chi connectivity index (χ2v) is 3.26. The van der Waals surface area contributed by atoms with Crippen LogP contribution in [-0.2, 0) is 0 Å². The van der Waals surface area contributed by atoms with Crippen molar-refractivity contribution in [3.8, 4) is 0 Å². The third-order valence-electron chi connectivity index (χ3n) is 2.66. The molecule has 2 atom stereocenters. The van der Waals surface area contributed by atoms with Gasteiger partial charge in [-0.05, 0) is 25.2 Å². The van der Waals surface area contributed by atoms with Gasteiger partial charge in [0, 0.05) is 12.6 Å². The maximum absolute atomic E-state index is 3.43. The largest absolute Gasteiger partial charge is 0.309 e. The van der Waals surface area contributed by atoms with Crippen LogP contribution >= 0.6 is 0 Å². The third kappa shape index (κ3) is 0.983. The molecule has 1 N–H and O–H groups in total. The highest BCUT2D eigenvalue weighted by molar-refractivity contribution is 4.92. The minimum Gasteiger partial charge on any atom is -0.309 e. The van der Waals surface area contributed by atoms with Crippen molar-refractivity contribution in [2.24, 2.45) is 5.92 Å². The summed E-state index contributed by atoms with van der Waals surface area (Å²) in [7, 11) is 0. The van der Waals surface area contributed by atoms with E-state index in [-0.39, 0.29) is 0 Å². The van der Waals surface area contributed by atoms with Gasteiger partial charge >= 0.3 is 0 Å². The summed E-state index contributed by atoms with van der Waals surface area (Å²) in [6.45, 7) is 2.25. The normalized spacial score (nSPS) is 42.7. The van der Waals surface area contributed by atoms with Gasteiger partial charge in [0.15, 0.2) is 0 Å². The van der Waals surface area contributed by atoms with Crippen molar-refractivity contribution in [3.05, 3.63) is 6.54 Å². The fraction of sp³-hybridized carbons (Fsp3) is 0.875. The van der Waals surface area contributed by atoms with Crippen molar-refractivity contribution in [2.75, 3.05) is 0 Å². The van der Waals surface area contributed by atoms with Crippen molar-refractivity contribution >= 4 is 0 Å². The van der Waals surface area contributed by atoms with Crippen LogP contribution in [0.4, 0.5) is 0 Å². The van der Waals surface area contributed by atoms with Crippen LogP contribution in [0.5, 0.6) is 0 Å². The Kier molecular flexibility index (Phi) is 1.46. The Morgan fingerprint density at radius 1 is 1.22 bits per heavy atom. The lowest BCUT2D eigenvalue weighted by atomic mass is 9.86. The van der Waals surface area contributed by atoms with Gasteiger partial charge in [0.1, 0.15) is 0 Å². The van der Waals surface area contributed by atoms with Gasteiger partial charge in [0.2, 0.25) is 0 Å². The highest BCUT2D eigenvalue weighted by Crippen LogP contribution is 2.31. The highest BCUT2D eigenvalue weighted by atomic mass is 15.0. The van der Waals surface area contributed by atoms with Gasteiger partial charge in [-0.25, -0.2) is 0 Å². The monoisotopic (exact) mass is 124 g/mol. The lowest BCUT2D eigenvalue weighted by Crippen LogP contribution is -2.28. The van der Waals surface area contributed by atoms with Crippen LogP contribution in [0.15, 0.2) is 0 Å². The first-order chi connectivity index (χ1) is 4.47. The summed E-state index contributed by atoms with van der Waals surface area (Å²) in [5.74, 6) is 0.999. The van der Waals surface area contributed by atoms with E-state index in [2.05, 4.69) is 11.9 Å². The molecule has 1 radical (unpaired) electrons. The van der Waals surface area contributed by atoms with Crippen molar-refractivity contribution in [3.63, 3.8) is 0 Å². The van der Waals surface area contributed by atoms with Gasteiger partial charge in [-0.2, -0.15) is 0 Å². The molecule has 0 aromatic carbocycles. The molecule has 2 rings (SSSR count).